The fourth-order valence-corrected chi connectivity index (χ4v) is 2.57. The summed E-state index contributed by atoms with van der Waals surface area (Å²) in [6, 6.07) is 2.75. The molecular weight excluding hydrogens is 329 g/mol. The summed E-state index contributed by atoms with van der Waals surface area (Å²) in [7, 11) is 0. The third kappa shape index (κ3) is 2.61. The van der Waals surface area contributed by atoms with E-state index in [4.69, 9.17) is 11.6 Å². The van der Waals surface area contributed by atoms with Crippen LogP contribution < -0.4 is 4.90 Å². The highest BCUT2D eigenvalue weighted by Gasteiger charge is 2.31. The molecule has 1 aliphatic heterocycles. The van der Waals surface area contributed by atoms with E-state index < -0.39 is 5.82 Å². The van der Waals surface area contributed by atoms with Gasteiger partial charge in [-0.15, -0.1) is 0 Å². The van der Waals surface area contributed by atoms with Gasteiger partial charge < -0.3 is 4.90 Å². The molecule has 92 valence electrons. The number of amides is 1. The highest BCUT2D eigenvalue weighted by molar-refractivity contribution is 9.10. The van der Waals surface area contributed by atoms with E-state index in [1.54, 1.807) is 0 Å². The summed E-state index contributed by atoms with van der Waals surface area (Å²) in [5.41, 5.74) is 0.243. The van der Waals surface area contributed by atoms with Gasteiger partial charge in [0.05, 0.1) is 10.7 Å². The normalized spacial score (nSPS) is 20.1. The second kappa shape index (κ2) is 5.16. The molecule has 0 spiro atoms. The minimum absolute atomic E-state index is 0.0821. The smallest absolute Gasteiger partial charge is 0.227 e. The number of hydrogen-bond acceptors (Lipinski definition) is 2. The molecule has 1 unspecified atom stereocenters. The Morgan fingerprint density at radius 3 is 2.88 bits per heavy atom. The first kappa shape index (κ1) is 13.2. The third-order valence-corrected chi connectivity index (χ3v) is 4.46. The number of benzene rings is 1. The van der Waals surface area contributed by atoms with Crippen LogP contribution in [0.5, 0.6) is 0 Å². The van der Waals surface area contributed by atoms with Crippen LogP contribution in [0.15, 0.2) is 16.6 Å². The summed E-state index contributed by atoms with van der Waals surface area (Å²) in [4.78, 5) is 13.2. The van der Waals surface area contributed by atoms with Crippen molar-refractivity contribution in [3.63, 3.8) is 0 Å². The minimum atomic E-state index is -0.450. The van der Waals surface area contributed by atoms with Gasteiger partial charge in [0.15, 0.2) is 0 Å². The molecule has 2 nitrogen and oxygen atoms in total. The lowest BCUT2D eigenvalue weighted by Gasteiger charge is -2.18. The number of anilines is 1. The van der Waals surface area contributed by atoms with Crippen LogP contribution in [-0.2, 0) is 4.79 Å². The van der Waals surface area contributed by atoms with Gasteiger partial charge in [-0.1, -0.05) is 11.6 Å². The van der Waals surface area contributed by atoms with Gasteiger partial charge >= 0.3 is 0 Å². The van der Waals surface area contributed by atoms with Gasteiger partial charge in [-0.3, -0.25) is 4.79 Å². The van der Waals surface area contributed by atoms with Gasteiger partial charge in [-0.25, -0.2) is 4.39 Å². The number of rotatable bonds is 2. The zero-order valence-electron chi connectivity index (χ0n) is 8.79. The van der Waals surface area contributed by atoms with Gasteiger partial charge in [0.2, 0.25) is 5.91 Å². The van der Waals surface area contributed by atoms with Gasteiger partial charge in [0.25, 0.3) is 0 Å². The minimum Gasteiger partial charge on any atom is -0.309 e. The molecule has 1 heterocycles. The van der Waals surface area contributed by atoms with Crippen molar-refractivity contribution in [1.82, 2.24) is 0 Å². The second-order valence-electron chi connectivity index (χ2n) is 3.97. The van der Waals surface area contributed by atoms with Crippen molar-refractivity contribution in [2.24, 2.45) is 5.92 Å². The van der Waals surface area contributed by atoms with Crippen LogP contribution >= 0.6 is 40.2 Å². The van der Waals surface area contributed by atoms with E-state index in [2.05, 4.69) is 28.6 Å². The molecular formula is C11H10BrClFNOS. The SMILES string of the molecule is O=C1CC(CS)CN1c1cc(Cl)c(Br)cc1F. The van der Waals surface area contributed by atoms with E-state index in [9.17, 15) is 9.18 Å². The average Bonchev–Trinajstić information content (AvgIpc) is 2.65. The fraction of sp³-hybridized carbons (Fsp3) is 0.364. The highest BCUT2D eigenvalue weighted by Crippen LogP contribution is 2.33. The maximum Gasteiger partial charge on any atom is 0.227 e. The predicted molar refractivity (Wildman–Crippen MR) is 73.4 cm³/mol. The van der Waals surface area contributed by atoms with Crippen LogP contribution in [0, 0.1) is 11.7 Å². The summed E-state index contributed by atoms with van der Waals surface area (Å²) < 4.78 is 14.3. The Labute approximate surface area is 118 Å². The van der Waals surface area contributed by atoms with Crippen LogP contribution in [-0.4, -0.2) is 18.2 Å². The van der Waals surface area contributed by atoms with Gasteiger partial charge in [-0.05, 0) is 39.7 Å². The topological polar surface area (TPSA) is 20.3 Å². The van der Waals surface area contributed by atoms with Crippen LogP contribution in [0.4, 0.5) is 10.1 Å². The zero-order chi connectivity index (χ0) is 12.6. The fourth-order valence-electron chi connectivity index (χ4n) is 1.86. The van der Waals surface area contributed by atoms with Crippen molar-refractivity contribution in [1.29, 1.82) is 0 Å². The number of nitrogens with zero attached hydrogens (tertiary/aromatic N) is 1. The van der Waals surface area contributed by atoms with Crippen molar-refractivity contribution in [3.05, 3.63) is 27.4 Å². The van der Waals surface area contributed by atoms with Crippen molar-refractivity contribution < 1.29 is 9.18 Å². The Morgan fingerprint density at radius 1 is 1.59 bits per heavy atom. The monoisotopic (exact) mass is 337 g/mol. The summed E-state index contributed by atoms with van der Waals surface area (Å²) in [5, 5.41) is 0.392. The Bertz CT molecular complexity index is 471. The van der Waals surface area contributed by atoms with Crippen molar-refractivity contribution in [2.45, 2.75) is 6.42 Å². The lowest BCUT2D eigenvalue weighted by atomic mass is 10.1. The van der Waals surface area contributed by atoms with E-state index in [-0.39, 0.29) is 17.5 Å². The van der Waals surface area contributed by atoms with Gasteiger partial charge in [0.1, 0.15) is 5.82 Å². The molecule has 1 fully saturated rings. The molecule has 0 aliphatic carbocycles. The van der Waals surface area contributed by atoms with Crippen LogP contribution in [0.25, 0.3) is 0 Å². The maximum absolute atomic E-state index is 13.8. The first-order chi connectivity index (χ1) is 8.02. The molecule has 2 rings (SSSR count). The molecule has 0 N–H and O–H groups in total. The zero-order valence-corrected chi connectivity index (χ0v) is 12.0. The Kier molecular flexibility index (Phi) is 4.00. The van der Waals surface area contributed by atoms with Crippen molar-refractivity contribution in [3.8, 4) is 0 Å². The summed E-state index contributed by atoms with van der Waals surface area (Å²) in [5.74, 6) is 0.261. The van der Waals surface area contributed by atoms with E-state index in [1.165, 1.54) is 17.0 Å². The average molecular weight is 339 g/mol. The van der Waals surface area contributed by atoms with E-state index in [0.717, 1.165) is 0 Å². The first-order valence-electron chi connectivity index (χ1n) is 5.08. The standard InChI is InChI=1S/C11H10BrClFNOS/c12-7-2-9(14)10(3-8(7)13)15-4-6(5-17)1-11(15)16/h2-3,6,17H,1,4-5H2. The van der Waals surface area contributed by atoms with Crippen LogP contribution in [0.3, 0.4) is 0 Å². The quantitative estimate of drug-likeness (QED) is 0.646. The Balaban J connectivity index is 2.35. The molecule has 1 aliphatic rings. The molecule has 17 heavy (non-hydrogen) atoms. The number of thiol groups is 1. The predicted octanol–water partition coefficient (Wildman–Crippen LogP) is 3.52. The van der Waals surface area contributed by atoms with Crippen LogP contribution in [0.1, 0.15) is 6.42 Å². The molecule has 1 aromatic carbocycles. The van der Waals surface area contributed by atoms with Crippen molar-refractivity contribution >= 4 is 51.8 Å². The van der Waals surface area contributed by atoms with Crippen LogP contribution in [0.2, 0.25) is 5.02 Å². The molecule has 1 aromatic rings. The molecule has 0 saturated carbocycles. The molecule has 1 saturated heterocycles. The third-order valence-electron chi connectivity index (χ3n) is 2.74. The number of carbonyl (C=O) groups excluding carboxylic acids is 1. The molecule has 0 bridgehead atoms. The summed E-state index contributed by atoms with van der Waals surface area (Å²) in [6.45, 7) is 0.497. The largest absolute Gasteiger partial charge is 0.309 e. The molecule has 1 amide bonds. The number of carbonyl (C=O) groups is 1. The second-order valence-corrected chi connectivity index (χ2v) is 5.60. The number of halogens is 3. The summed E-state index contributed by atoms with van der Waals surface area (Å²) >= 11 is 13.2. The molecule has 1 atom stereocenters. The molecule has 0 radical (unpaired) electrons. The lowest BCUT2D eigenvalue weighted by molar-refractivity contribution is -0.117. The number of hydrogen-bond donors (Lipinski definition) is 1. The van der Waals surface area contributed by atoms with E-state index in [1.807, 2.05) is 0 Å². The Morgan fingerprint density at radius 2 is 2.29 bits per heavy atom. The van der Waals surface area contributed by atoms with Gasteiger partial charge in [0, 0.05) is 17.4 Å². The van der Waals surface area contributed by atoms with Crippen molar-refractivity contribution in [2.75, 3.05) is 17.2 Å². The highest BCUT2D eigenvalue weighted by atomic mass is 79.9. The van der Waals surface area contributed by atoms with E-state index >= 15 is 0 Å². The van der Waals surface area contributed by atoms with Gasteiger partial charge in [-0.2, -0.15) is 12.6 Å². The Hall–Kier alpha value is -0.260. The molecule has 0 aromatic heterocycles. The molecule has 6 heteroatoms. The summed E-state index contributed by atoms with van der Waals surface area (Å²) in [6.07, 6.45) is 0.413. The first-order valence-corrected chi connectivity index (χ1v) is 6.89. The lowest BCUT2D eigenvalue weighted by Crippen LogP contribution is -2.25. The maximum atomic E-state index is 13.8. The van der Waals surface area contributed by atoms with E-state index in [0.29, 0.717) is 28.2 Å².